The molecule has 45 heavy (non-hydrogen) atoms. The van der Waals surface area contributed by atoms with Crippen molar-refractivity contribution >= 4 is 0 Å². The Morgan fingerprint density at radius 1 is 0.533 bits per heavy atom. The average Bonchev–Trinajstić information content (AvgIpc) is 3.04. The van der Waals surface area contributed by atoms with Crippen LogP contribution in [0.5, 0.6) is 0 Å². The summed E-state index contributed by atoms with van der Waals surface area (Å²) in [5.74, 6) is 0. The van der Waals surface area contributed by atoms with Gasteiger partial charge in [-0.3, -0.25) is 4.90 Å². The smallest absolute Gasteiger partial charge is 1.00 e. The molecule has 2 N–H and O–H groups in total. The Hall–Kier alpha value is -1.70. The first kappa shape index (κ1) is 41.3. The maximum atomic E-state index is 5.31. The molecule has 1 aliphatic rings. The van der Waals surface area contributed by atoms with Crippen LogP contribution in [0, 0.1) is 0 Å². The third kappa shape index (κ3) is 12.8. The van der Waals surface area contributed by atoms with Crippen molar-refractivity contribution in [2.45, 2.75) is 49.9 Å². The molecule has 1 heterocycles. The summed E-state index contributed by atoms with van der Waals surface area (Å²) in [7, 11) is 2.28. The van der Waals surface area contributed by atoms with E-state index in [1.807, 2.05) is 0 Å². The number of hydrogen-bond donors (Lipinski definition) is 2. The molecule has 1 saturated heterocycles. The van der Waals surface area contributed by atoms with Gasteiger partial charge in [-0.15, -0.1) is 12.6 Å². The molecular formula is C37H45Cl3N4Ti. The summed E-state index contributed by atoms with van der Waals surface area (Å²) in [6.07, 6.45) is 4.08. The number of rotatable bonds is 4. The van der Waals surface area contributed by atoms with Crippen LogP contribution in [0.1, 0.15) is 72.1 Å². The van der Waals surface area contributed by atoms with Gasteiger partial charge in [-0.25, -0.2) is 0 Å². The van der Waals surface area contributed by atoms with E-state index < -0.39 is 0 Å². The minimum Gasteiger partial charge on any atom is -1.00 e. The maximum Gasteiger partial charge on any atom is 4.00 e. The number of benzene rings is 4. The van der Waals surface area contributed by atoms with E-state index in [4.69, 9.17) is 5.32 Å². The van der Waals surface area contributed by atoms with E-state index in [0.29, 0.717) is 18.1 Å². The fourth-order valence-electron chi connectivity index (χ4n) is 6.14. The Balaban J connectivity index is 0.00000253. The van der Waals surface area contributed by atoms with Crippen LogP contribution in [-0.4, -0.2) is 38.1 Å². The molecule has 1 fully saturated rings. The van der Waals surface area contributed by atoms with Crippen molar-refractivity contribution in [2.24, 2.45) is 0 Å². The Morgan fingerprint density at radius 2 is 0.956 bits per heavy atom. The van der Waals surface area contributed by atoms with E-state index in [1.165, 1.54) is 22.3 Å². The molecule has 4 nitrogen and oxygen atoms in total. The summed E-state index contributed by atoms with van der Waals surface area (Å²) in [5, 5.41) is 13.2. The van der Waals surface area contributed by atoms with Gasteiger partial charge in [-0.05, 0) is 49.7 Å². The summed E-state index contributed by atoms with van der Waals surface area (Å²) >= 11 is 0. The third-order valence-corrected chi connectivity index (χ3v) is 8.46. The molecule has 0 bridgehead atoms. The monoisotopic (exact) mass is 698 g/mol. The molecule has 0 radical (unpaired) electrons. The van der Waals surface area contributed by atoms with E-state index in [0.717, 1.165) is 51.9 Å². The Morgan fingerprint density at radius 3 is 1.47 bits per heavy atom. The van der Waals surface area contributed by atoms with Gasteiger partial charge in [0, 0.05) is 24.7 Å². The van der Waals surface area contributed by atoms with Crippen molar-refractivity contribution < 1.29 is 58.9 Å². The number of nitrogens with one attached hydrogen (secondary N) is 2. The van der Waals surface area contributed by atoms with Crippen molar-refractivity contribution in [3.05, 3.63) is 149 Å². The second-order valence-corrected chi connectivity index (χ2v) is 11.2. The summed E-state index contributed by atoms with van der Waals surface area (Å²) in [5.41, 5.74) is 5.40. The first-order chi connectivity index (χ1) is 20.3. The second kappa shape index (κ2) is 22.8. The molecule has 238 valence electrons. The standard InChI is InChI=1S/C37H45N4.3ClH.Ti/c1-41-29-25-36(32-18-10-4-11-19-32)39-27-23-34(30-14-6-2-7-15-30)38-26-22-35(31-16-8-3-9-17-31)40-28-24-37(41)33-20-12-5-13-21-33;;;;/h2-21,34-39H,22-29H2,1H3;3*1H;/q-1;;;;+4/p-3. The van der Waals surface area contributed by atoms with Gasteiger partial charge in [-0.1, -0.05) is 140 Å². The van der Waals surface area contributed by atoms with Crippen LogP contribution in [0.3, 0.4) is 0 Å². The molecule has 4 atom stereocenters. The van der Waals surface area contributed by atoms with Gasteiger partial charge >= 0.3 is 21.7 Å². The van der Waals surface area contributed by atoms with Gasteiger partial charge in [0.1, 0.15) is 0 Å². The summed E-state index contributed by atoms with van der Waals surface area (Å²) in [6.45, 7) is 3.72. The zero-order valence-corrected chi connectivity index (χ0v) is 29.9. The van der Waals surface area contributed by atoms with Crippen LogP contribution in [-0.2, 0) is 21.7 Å². The van der Waals surface area contributed by atoms with Crippen LogP contribution < -0.4 is 47.9 Å². The van der Waals surface area contributed by atoms with Crippen LogP contribution in [0.4, 0.5) is 0 Å². The maximum absolute atomic E-state index is 5.31. The van der Waals surface area contributed by atoms with E-state index in [2.05, 4.69) is 144 Å². The normalized spacial score (nSPS) is 21.9. The van der Waals surface area contributed by atoms with Gasteiger partial charge in [0.25, 0.3) is 0 Å². The predicted molar refractivity (Wildman–Crippen MR) is 172 cm³/mol. The van der Waals surface area contributed by atoms with Gasteiger partial charge in [0.15, 0.2) is 0 Å². The molecule has 4 unspecified atom stereocenters. The molecule has 0 spiro atoms. The number of nitrogens with zero attached hydrogens (tertiary/aromatic N) is 2. The van der Waals surface area contributed by atoms with E-state index >= 15 is 0 Å². The van der Waals surface area contributed by atoms with Crippen molar-refractivity contribution in [3.63, 3.8) is 0 Å². The second-order valence-electron chi connectivity index (χ2n) is 11.2. The van der Waals surface area contributed by atoms with Gasteiger partial charge in [-0.2, -0.15) is 0 Å². The summed E-state index contributed by atoms with van der Waals surface area (Å²) < 4.78 is 0. The fraction of sp³-hybridized carbons (Fsp3) is 0.351. The first-order valence-electron chi connectivity index (χ1n) is 15.3. The molecule has 0 aliphatic carbocycles. The SMILES string of the molecule is CN1CCC(c2ccccc2)NCCC(c2ccccc2)NCCC(c2ccccc2)[N-]CCC1c1ccccc1.[Cl-].[Cl-].[Cl-].[Ti+4]. The third-order valence-electron chi connectivity index (χ3n) is 8.46. The average molecular weight is 700 g/mol. The van der Waals surface area contributed by atoms with Gasteiger partial charge < -0.3 is 53.2 Å². The number of hydrogen-bond acceptors (Lipinski definition) is 3. The topological polar surface area (TPSA) is 41.4 Å². The molecule has 8 heteroatoms. The van der Waals surface area contributed by atoms with Crippen LogP contribution in [0.2, 0.25) is 0 Å². The molecule has 4 aromatic rings. The van der Waals surface area contributed by atoms with Crippen molar-refractivity contribution in [1.29, 1.82) is 0 Å². The van der Waals surface area contributed by atoms with E-state index in [1.54, 1.807) is 0 Å². The molecule has 4 aromatic carbocycles. The van der Waals surface area contributed by atoms with Gasteiger partial charge in [0.05, 0.1) is 0 Å². The molecule has 1 aliphatic heterocycles. The Labute approximate surface area is 304 Å². The van der Waals surface area contributed by atoms with Crippen LogP contribution >= 0.6 is 0 Å². The molecule has 5 rings (SSSR count). The van der Waals surface area contributed by atoms with Crippen LogP contribution in [0.15, 0.2) is 121 Å². The van der Waals surface area contributed by atoms with E-state index in [-0.39, 0.29) is 65.0 Å². The summed E-state index contributed by atoms with van der Waals surface area (Å²) in [6, 6.07) is 44.8. The quantitative estimate of drug-likeness (QED) is 0.270. The zero-order chi connectivity index (χ0) is 28.1. The minimum absolute atomic E-state index is 0. The fourth-order valence-corrected chi connectivity index (χ4v) is 6.14. The van der Waals surface area contributed by atoms with Crippen molar-refractivity contribution in [1.82, 2.24) is 15.5 Å². The van der Waals surface area contributed by atoms with E-state index in [9.17, 15) is 0 Å². The minimum atomic E-state index is 0. The molecule has 0 aromatic heterocycles. The largest absolute Gasteiger partial charge is 4.00 e. The zero-order valence-electron chi connectivity index (χ0n) is 26.0. The Bertz CT molecular complexity index is 1270. The van der Waals surface area contributed by atoms with Crippen molar-refractivity contribution in [2.75, 3.05) is 33.2 Å². The Kier molecular flexibility index (Phi) is 20.9. The summed E-state index contributed by atoms with van der Waals surface area (Å²) in [4.78, 5) is 2.54. The van der Waals surface area contributed by atoms with Crippen LogP contribution in [0.25, 0.3) is 5.32 Å². The molecular weight excluding hydrogens is 655 g/mol. The van der Waals surface area contributed by atoms with Gasteiger partial charge in [0.2, 0.25) is 0 Å². The predicted octanol–water partition coefficient (Wildman–Crippen LogP) is -0.980. The number of halogens is 3. The first-order valence-corrected chi connectivity index (χ1v) is 15.3. The molecule has 0 amide bonds. The van der Waals surface area contributed by atoms with Crippen molar-refractivity contribution in [3.8, 4) is 0 Å². The molecule has 0 saturated carbocycles.